The van der Waals surface area contributed by atoms with Crippen LogP contribution in [-0.2, 0) is 6.42 Å². The summed E-state index contributed by atoms with van der Waals surface area (Å²) in [6, 6.07) is 12.3. The van der Waals surface area contributed by atoms with Crippen LogP contribution in [0.5, 0.6) is 11.5 Å². The van der Waals surface area contributed by atoms with Gasteiger partial charge in [0.2, 0.25) is 5.89 Å². The molecule has 0 radical (unpaired) electrons. The summed E-state index contributed by atoms with van der Waals surface area (Å²) in [4.78, 5) is 16.7. The molecule has 3 rings (SSSR count). The van der Waals surface area contributed by atoms with Gasteiger partial charge in [-0.2, -0.15) is 4.98 Å². The van der Waals surface area contributed by atoms with E-state index < -0.39 is 6.03 Å². The molecule has 8 nitrogen and oxygen atoms in total. The van der Waals surface area contributed by atoms with Gasteiger partial charge in [0, 0.05) is 5.69 Å². The normalized spacial score (nSPS) is 10.3. The Morgan fingerprint density at radius 3 is 2.48 bits per heavy atom. The molecule has 27 heavy (non-hydrogen) atoms. The van der Waals surface area contributed by atoms with Crippen molar-refractivity contribution in [1.29, 1.82) is 0 Å². The number of anilines is 2. The second kappa shape index (κ2) is 8.22. The summed E-state index contributed by atoms with van der Waals surface area (Å²) in [5.41, 5.74) is 2.00. The Labute approximate surface area is 156 Å². The minimum absolute atomic E-state index is 0.407. The molecule has 3 aromatic rings. The van der Waals surface area contributed by atoms with E-state index in [0.29, 0.717) is 41.0 Å². The van der Waals surface area contributed by atoms with E-state index >= 15 is 0 Å². The molecule has 0 aliphatic heterocycles. The van der Waals surface area contributed by atoms with Crippen LogP contribution in [0.3, 0.4) is 0 Å². The Morgan fingerprint density at radius 2 is 1.78 bits per heavy atom. The minimum atomic E-state index is -0.407. The van der Waals surface area contributed by atoms with Crippen molar-refractivity contribution in [2.24, 2.45) is 0 Å². The van der Waals surface area contributed by atoms with E-state index in [9.17, 15) is 4.79 Å². The lowest BCUT2D eigenvalue weighted by Crippen LogP contribution is -2.20. The highest BCUT2D eigenvalue weighted by molar-refractivity contribution is 6.01. The molecule has 0 aliphatic rings. The molecule has 0 unspecified atom stereocenters. The lowest BCUT2D eigenvalue weighted by molar-refractivity contribution is 0.262. The summed E-state index contributed by atoms with van der Waals surface area (Å²) in [7, 11) is 3.06. The van der Waals surface area contributed by atoms with Gasteiger partial charge in [0.25, 0.3) is 0 Å². The maximum atomic E-state index is 12.5. The number of hydrogen-bond acceptors (Lipinski definition) is 6. The number of hydrogen-bond donors (Lipinski definition) is 2. The smallest absolute Gasteiger partial charge is 0.323 e. The van der Waals surface area contributed by atoms with Crippen molar-refractivity contribution in [3.8, 4) is 11.5 Å². The van der Waals surface area contributed by atoms with E-state index in [4.69, 9.17) is 14.0 Å². The molecule has 0 bridgehead atoms. The standard InChI is InChI=1S/C19H20N4O4/c1-12-20-17(27-23-12)11-13-7-4-5-8-14(13)21-19(24)22-15-9-6-10-16(25-2)18(15)26-3/h4-10H,11H2,1-3H3,(H2,21,22,24). The lowest BCUT2D eigenvalue weighted by Gasteiger charge is -2.15. The predicted molar refractivity (Wildman–Crippen MR) is 100 cm³/mol. The van der Waals surface area contributed by atoms with Crippen molar-refractivity contribution in [2.45, 2.75) is 13.3 Å². The molecule has 2 aromatic carbocycles. The molecule has 1 aromatic heterocycles. The summed E-state index contributed by atoms with van der Waals surface area (Å²) >= 11 is 0. The van der Waals surface area contributed by atoms with E-state index in [1.54, 1.807) is 31.2 Å². The second-order valence-electron chi connectivity index (χ2n) is 5.69. The average Bonchev–Trinajstić information content (AvgIpc) is 3.07. The van der Waals surface area contributed by atoms with Gasteiger partial charge in [-0.1, -0.05) is 29.4 Å². The van der Waals surface area contributed by atoms with Crippen LogP contribution in [0.15, 0.2) is 47.0 Å². The van der Waals surface area contributed by atoms with Gasteiger partial charge in [-0.3, -0.25) is 0 Å². The van der Waals surface area contributed by atoms with Crippen LogP contribution < -0.4 is 20.1 Å². The molecule has 8 heteroatoms. The van der Waals surface area contributed by atoms with Crippen molar-refractivity contribution in [1.82, 2.24) is 10.1 Å². The second-order valence-corrected chi connectivity index (χ2v) is 5.69. The summed E-state index contributed by atoms with van der Waals surface area (Å²) in [6.45, 7) is 1.76. The quantitative estimate of drug-likeness (QED) is 0.689. The third-order valence-corrected chi connectivity index (χ3v) is 3.83. The van der Waals surface area contributed by atoms with Crippen LogP contribution in [0, 0.1) is 6.92 Å². The third-order valence-electron chi connectivity index (χ3n) is 3.83. The topological polar surface area (TPSA) is 98.5 Å². The van der Waals surface area contributed by atoms with Gasteiger partial charge in [0.05, 0.1) is 26.3 Å². The molecular weight excluding hydrogens is 348 g/mol. The number of rotatable bonds is 6. The van der Waals surface area contributed by atoms with Crippen molar-refractivity contribution >= 4 is 17.4 Å². The number of urea groups is 1. The monoisotopic (exact) mass is 368 g/mol. The minimum Gasteiger partial charge on any atom is -0.493 e. The van der Waals surface area contributed by atoms with Crippen molar-refractivity contribution in [3.63, 3.8) is 0 Å². The third kappa shape index (κ3) is 4.35. The van der Waals surface area contributed by atoms with Gasteiger partial charge >= 0.3 is 6.03 Å². The van der Waals surface area contributed by atoms with Crippen LogP contribution in [0.25, 0.3) is 0 Å². The van der Waals surface area contributed by atoms with E-state index in [2.05, 4.69) is 20.8 Å². The molecule has 0 saturated carbocycles. The van der Waals surface area contributed by atoms with Crippen molar-refractivity contribution in [3.05, 3.63) is 59.7 Å². The maximum Gasteiger partial charge on any atom is 0.323 e. The number of ether oxygens (including phenoxy) is 2. The number of aryl methyl sites for hydroxylation is 1. The van der Waals surface area contributed by atoms with Crippen LogP contribution in [0.4, 0.5) is 16.2 Å². The fourth-order valence-electron chi connectivity index (χ4n) is 2.63. The zero-order valence-corrected chi connectivity index (χ0v) is 15.3. The summed E-state index contributed by atoms with van der Waals surface area (Å²) in [5.74, 6) is 2.03. The first-order valence-electron chi connectivity index (χ1n) is 8.26. The molecule has 1 heterocycles. The highest BCUT2D eigenvalue weighted by Gasteiger charge is 2.14. The fourth-order valence-corrected chi connectivity index (χ4v) is 2.63. The van der Waals surface area contributed by atoms with E-state index in [-0.39, 0.29) is 0 Å². The maximum absolute atomic E-state index is 12.5. The Hall–Kier alpha value is -3.55. The molecule has 140 valence electrons. The lowest BCUT2D eigenvalue weighted by atomic mass is 10.1. The first kappa shape index (κ1) is 18.2. The SMILES string of the molecule is COc1cccc(NC(=O)Nc2ccccc2Cc2nc(C)no2)c1OC. The largest absolute Gasteiger partial charge is 0.493 e. The van der Waals surface area contributed by atoms with E-state index in [1.807, 2.05) is 18.2 Å². The zero-order chi connectivity index (χ0) is 19.2. The predicted octanol–water partition coefficient (Wildman–Crippen LogP) is 3.63. The Kier molecular flexibility index (Phi) is 5.55. The number of carbonyl (C=O) groups excluding carboxylic acids is 1. The van der Waals surface area contributed by atoms with Gasteiger partial charge in [0.1, 0.15) is 0 Å². The number of aromatic nitrogens is 2. The van der Waals surface area contributed by atoms with Crippen LogP contribution in [-0.4, -0.2) is 30.4 Å². The number of para-hydroxylation sites is 2. The highest BCUT2D eigenvalue weighted by Crippen LogP contribution is 2.34. The zero-order valence-electron chi connectivity index (χ0n) is 15.3. The number of carbonyl (C=O) groups is 1. The van der Waals surface area contributed by atoms with E-state index in [0.717, 1.165) is 5.56 Å². The molecular formula is C19H20N4O4. The van der Waals surface area contributed by atoms with Gasteiger partial charge in [-0.05, 0) is 30.7 Å². The average molecular weight is 368 g/mol. The summed E-state index contributed by atoms with van der Waals surface area (Å²) < 4.78 is 15.7. The highest BCUT2D eigenvalue weighted by atomic mass is 16.5. The molecule has 0 atom stereocenters. The van der Waals surface area contributed by atoms with Gasteiger partial charge in [-0.25, -0.2) is 4.79 Å². The number of methoxy groups -OCH3 is 2. The molecule has 0 saturated heterocycles. The van der Waals surface area contributed by atoms with Crippen molar-refractivity contribution in [2.75, 3.05) is 24.9 Å². The van der Waals surface area contributed by atoms with Gasteiger partial charge in [-0.15, -0.1) is 0 Å². The van der Waals surface area contributed by atoms with Crippen molar-refractivity contribution < 1.29 is 18.8 Å². The number of nitrogens with one attached hydrogen (secondary N) is 2. The number of nitrogens with zero attached hydrogens (tertiary/aromatic N) is 2. The molecule has 2 amide bonds. The number of amides is 2. The van der Waals surface area contributed by atoms with Gasteiger partial charge in [0.15, 0.2) is 17.3 Å². The van der Waals surface area contributed by atoms with E-state index in [1.165, 1.54) is 14.2 Å². The fraction of sp³-hybridized carbons (Fsp3) is 0.211. The molecule has 0 aliphatic carbocycles. The first-order chi connectivity index (χ1) is 13.1. The van der Waals surface area contributed by atoms with Gasteiger partial charge < -0.3 is 24.6 Å². The van der Waals surface area contributed by atoms with Crippen LogP contribution in [0.1, 0.15) is 17.3 Å². The van der Waals surface area contributed by atoms with Crippen LogP contribution in [0.2, 0.25) is 0 Å². The molecule has 0 spiro atoms. The Bertz CT molecular complexity index is 939. The Balaban J connectivity index is 1.75. The van der Waals surface area contributed by atoms with Crippen LogP contribution >= 0.6 is 0 Å². The molecule has 0 fully saturated rings. The Morgan fingerprint density at radius 1 is 1.04 bits per heavy atom. The summed E-state index contributed by atoms with van der Waals surface area (Å²) in [6.07, 6.45) is 0.416. The number of benzene rings is 2. The first-order valence-corrected chi connectivity index (χ1v) is 8.26. The molecule has 2 N–H and O–H groups in total. The summed E-state index contributed by atoms with van der Waals surface area (Å²) in [5, 5.41) is 9.40.